The van der Waals surface area contributed by atoms with Crippen molar-refractivity contribution in [2.24, 2.45) is 0 Å². The lowest BCUT2D eigenvalue weighted by atomic mass is 10.5. The number of nitrogens with zero attached hydrogens (tertiary/aromatic N) is 4. The van der Waals surface area contributed by atoms with Gasteiger partial charge in [-0.25, -0.2) is 9.26 Å². The van der Waals surface area contributed by atoms with Crippen molar-refractivity contribution in [2.45, 2.75) is 13.2 Å². The molecule has 0 unspecified atom stereocenters. The van der Waals surface area contributed by atoms with Crippen molar-refractivity contribution >= 4 is 8.25 Å². The van der Waals surface area contributed by atoms with Gasteiger partial charge in [0.25, 0.3) is 0 Å². The summed E-state index contributed by atoms with van der Waals surface area (Å²) in [7, 11) is -2.26. The molecule has 0 atom stereocenters. The van der Waals surface area contributed by atoms with Crippen LogP contribution in [0.2, 0.25) is 0 Å². The second-order valence-corrected chi connectivity index (χ2v) is 3.53. The van der Waals surface area contributed by atoms with Crippen LogP contribution in [0.25, 0.3) is 0 Å². The molecular weight excluding hydrogens is 239 g/mol. The molecule has 0 aliphatic carbocycles. The summed E-state index contributed by atoms with van der Waals surface area (Å²) in [6, 6.07) is 0. The van der Waals surface area contributed by atoms with Crippen LogP contribution in [-0.4, -0.2) is 20.6 Å². The van der Waals surface area contributed by atoms with Crippen molar-refractivity contribution in [3.63, 3.8) is 0 Å². The average Bonchev–Trinajstić information content (AvgIpc) is 2.96. The van der Waals surface area contributed by atoms with Gasteiger partial charge in [0.1, 0.15) is 11.4 Å². The van der Waals surface area contributed by atoms with Gasteiger partial charge in [-0.3, -0.25) is 0 Å². The quantitative estimate of drug-likeness (QED) is 0.682. The van der Waals surface area contributed by atoms with Crippen molar-refractivity contribution < 1.29 is 22.9 Å². The van der Waals surface area contributed by atoms with Crippen molar-refractivity contribution in [3.8, 4) is 0 Å². The lowest BCUT2D eigenvalue weighted by molar-refractivity contribution is 0.201. The van der Waals surface area contributed by atoms with E-state index in [0.29, 0.717) is 11.4 Å². The third-order valence-corrected chi connectivity index (χ3v) is 2.13. The Kier molecular flexibility index (Phi) is 3.65. The van der Waals surface area contributed by atoms with Crippen molar-refractivity contribution in [1.82, 2.24) is 20.6 Å². The first kappa shape index (κ1) is 10.8. The normalized spacial score (nSPS) is 10.5. The van der Waals surface area contributed by atoms with Gasteiger partial charge in [-0.15, -0.1) is 9.05 Å². The van der Waals surface area contributed by atoms with Gasteiger partial charge < -0.3 is 0 Å². The molecule has 84 valence electrons. The maximum Gasteiger partial charge on any atom is 0.698 e. The van der Waals surface area contributed by atoms with Gasteiger partial charge in [-0.2, -0.15) is 0 Å². The highest BCUT2D eigenvalue weighted by molar-refractivity contribution is 7.33. The summed E-state index contributed by atoms with van der Waals surface area (Å²) in [5, 5.41) is 13.6. The first-order valence-electron chi connectivity index (χ1n) is 4.10. The largest absolute Gasteiger partial charge is 0.698 e. The molecule has 2 aromatic heterocycles. The predicted molar refractivity (Wildman–Crippen MR) is 45.8 cm³/mol. The van der Waals surface area contributed by atoms with Gasteiger partial charge in [0.05, 0.1) is 12.4 Å². The molecule has 0 bridgehead atoms. The molecule has 2 aromatic rings. The van der Waals surface area contributed by atoms with Crippen LogP contribution >= 0.6 is 8.25 Å². The molecule has 0 N–H and O–H groups in total. The first-order valence-corrected chi connectivity index (χ1v) is 5.20. The molecule has 2 rings (SSSR count). The van der Waals surface area contributed by atoms with Gasteiger partial charge in [-0.1, -0.05) is 20.6 Å². The average molecular weight is 245 g/mol. The summed E-state index contributed by atoms with van der Waals surface area (Å²) >= 11 is 0. The molecule has 2 heterocycles. The Morgan fingerprint density at radius 2 is 1.56 bits per heavy atom. The topological polar surface area (TPSA) is 113 Å². The van der Waals surface area contributed by atoms with E-state index < -0.39 is 8.25 Å². The van der Waals surface area contributed by atoms with E-state index in [1.54, 1.807) is 0 Å². The van der Waals surface area contributed by atoms with Crippen LogP contribution in [0, 0.1) is 0 Å². The highest BCUT2D eigenvalue weighted by Crippen LogP contribution is 2.26. The van der Waals surface area contributed by atoms with Crippen LogP contribution in [-0.2, 0) is 26.8 Å². The molecule has 0 amide bonds. The van der Waals surface area contributed by atoms with E-state index in [2.05, 4.69) is 29.9 Å². The molecular formula is C6H6N4O5P+. The smallest absolute Gasteiger partial charge is 0.244 e. The third-order valence-electron chi connectivity index (χ3n) is 1.45. The summed E-state index contributed by atoms with van der Waals surface area (Å²) in [4.78, 5) is 0. The Morgan fingerprint density at radius 3 is 1.94 bits per heavy atom. The van der Waals surface area contributed by atoms with E-state index in [0.717, 1.165) is 0 Å². The fourth-order valence-corrected chi connectivity index (χ4v) is 1.32. The standard InChI is InChI=1S/C6H6N4O5P/c11-16(12-3-5-1-7-14-9-5)13-4-6-2-8-15-10-6/h1-2H,3-4H2/q+1. The second-order valence-electron chi connectivity index (χ2n) is 2.57. The molecule has 9 nitrogen and oxygen atoms in total. The summed E-state index contributed by atoms with van der Waals surface area (Å²) < 4.78 is 29.5. The lowest BCUT2D eigenvalue weighted by Crippen LogP contribution is -1.89. The van der Waals surface area contributed by atoms with Gasteiger partial charge in [-0.05, 0) is 0 Å². The third kappa shape index (κ3) is 3.16. The van der Waals surface area contributed by atoms with E-state index in [1.807, 2.05) is 0 Å². The Labute approximate surface area is 89.6 Å². The predicted octanol–water partition coefficient (Wildman–Crippen LogP) is 0.843. The second kappa shape index (κ2) is 5.40. The van der Waals surface area contributed by atoms with E-state index in [4.69, 9.17) is 9.05 Å². The zero-order chi connectivity index (χ0) is 11.2. The number of hydrogen-bond donors (Lipinski definition) is 0. The summed E-state index contributed by atoms with van der Waals surface area (Å²) in [6.45, 7) is -0.00839. The Bertz CT molecular complexity index is 389. The highest BCUT2D eigenvalue weighted by Gasteiger charge is 2.22. The SMILES string of the molecule is O=[P+](OCc1cnon1)OCc1cnon1. The number of rotatable bonds is 6. The van der Waals surface area contributed by atoms with Crippen LogP contribution in [0.4, 0.5) is 0 Å². The summed E-state index contributed by atoms with van der Waals surface area (Å²) in [5.74, 6) is 0. The molecule has 10 heteroatoms. The molecule has 0 saturated heterocycles. The maximum atomic E-state index is 11.2. The van der Waals surface area contributed by atoms with Crippen LogP contribution in [0.3, 0.4) is 0 Å². The Hall–Kier alpha value is -1.70. The summed E-state index contributed by atoms with van der Waals surface area (Å²) in [6.07, 6.45) is 2.70. The molecule has 0 fully saturated rings. The molecule has 0 saturated carbocycles. The maximum absolute atomic E-state index is 11.2. The van der Waals surface area contributed by atoms with Crippen LogP contribution in [0.15, 0.2) is 21.7 Å². The molecule has 0 aliphatic heterocycles. The van der Waals surface area contributed by atoms with Crippen LogP contribution < -0.4 is 0 Å². The molecule has 16 heavy (non-hydrogen) atoms. The minimum absolute atomic E-state index is 0.00420. The van der Waals surface area contributed by atoms with Gasteiger partial charge >= 0.3 is 8.25 Å². The minimum Gasteiger partial charge on any atom is -0.244 e. The monoisotopic (exact) mass is 245 g/mol. The first-order chi connectivity index (χ1) is 7.84. The van der Waals surface area contributed by atoms with E-state index in [-0.39, 0.29) is 13.2 Å². The summed E-state index contributed by atoms with van der Waals surface area (Å²) in [5.41, 5.74) is 0.852. The minimum atomic E-state index is -2.26. The lowest BCUT2D eigenvalue weighted by Gasteiger charge is -1.86. The van der Waals surface area contributed by atoms with Crippen LogP contribution in [0.1, 0.15) is 11.4 Å². The molecule has 0 aromatic carbocycles. The van der Waals surface area contributed by atoms with Gasteiger partial charge in [0, 0.05) is 4.57 Å². The molecule has 0 aliphatic rings. The fraction of sp³-hybridized carbons (Fsp3) is 0.333. The van der Waals surface area contributed by atoms with Crippen molar-refractivity contribution in [2.75, 3.05) is 0 Å². The number of hydrogen-bond acceptors (Lipinski definition) is 9. The zero-order valence-electron chi connectivity index (χ0n) is 7.85. The van der Waals surface area contributed by atoms with Gasteiger partial charge in [0.2, 0.25) is 0 Å². The fourth-order valence-electron chi connectivity index (χ4n) is 0.770. The van der Waals surface area contributed by atoms with E-state index >= 15 is 0 Å². The Balaban J connectivity index is 1.69. The molecule has 0 radical (unpaired) electrons. The van der Waals surface area contributed by atoms with E-state index in [9.17, 15) is 4.57 Å². The van der Waals surface area contributed by atoms with E-state index in [1.165, 1.54) is 12.4 Å². The highest BCUT2D eigenvalue weighted by atomic mass is 31.1. The number of aromatic nitrogens is 4. The van der Waals surface area contributed by atoms with Gasteiger partial charge in [0.15, 0.2) is 13.2 Å². The van der Waals surface area contributed by atoms with Crippen molar-refractivity contribution in [3.05, 3.63) is 23.8 Å². The van der Waals surface area contributed by atoms with Crippen molar-refractivity contribution in [1.29, 1.82) is 0 Å². The van der Waals surface area contributed by atoms with Crippen LogP contribution in [0.5, 0.6) is 0 Å². The Morgan fingerprint density at radius 1 is 1.06 bits per heavy atom. The zero-order valence-corrected chi connectivity index (χ0v) is 8.74. The molecule has 0 spiro atoms.